The SMILES string of the molecule is COc1ccc(CCN(CCC(=O)Nc2nnc(-c3ccccc3)s2)S(=O)(=O)c2cc(Cl)ccc2Cl)cc1OC. The molecule has 0 spiro atoms. The Hall–Kier alpha value is -3.22. The van der Waals surface area contributed by atoms with E-state index in [9.17, 15) is 13.2 Å². The van der Waals surface area contributed by atoms with Crippen LogP contribution in [-0.4, -0.2) is 56.1 Å². The highest BCUT2D eigenvalue weighted by Gasteiger charge is 2.28. The minimum atomic E-state index is -4.10. The third kappa shape index (κ3) is 7.29. The number of anilines is 1. The van der Waals surface area contributed by atoms with Gasteiger partial charge < -0.3 is 14.8 Å². The smallest absolute Gasteiger partial charge is 0.244 e. The van der Waals surface area contributed by atoms with Gasteiger partial charge in [0.05, 0.1) is 19.2 Å². The summed E-state index contributed by atoms with van der Waals surface area (Å²) < 4.78 is 39.2. The first kappa shape index (κ1) is 29.8. The van der Waals surface area contributed by atoms with Crippen molar-refractivity contribution in [2.75, 3.05) is 32.6 Å². The summed E-state index contributed by atoms with van der Waals surface area (Å²) in [5, 5.41) is 12.1. The van der Waals surface area contributed by atoms with Gasteiger partial charge in [-0.15, -0.1) is 10.2 Å². The quantitative estimate of drug-likeness (QED) is 0.213. The molecular formula is C27H26Cl2N4O5S2. The predicted molar refractivity (Wildman–Crippen MR) is 157 cm³/mol. The van der Waals surface area contributed by atoms with Crippen LogP contribution in [0.1, 0.15) is 12.0 Å². The number of nitrogens with one attached hydrogen (secondary N) is 1. The monoisotopic (exact) mass is 620 g/mol. The predicted octanol–water partition coefficient (Wildman–Crippen LogP) is 5.79. The Bertz CT molecular complexity index is 1580. The molecule has 4 rings (SSSR count). The zero-order chi connectivity index (χ0) is 28.7. The molecule has 4 aromatic rings. The zero-order valence-corrected chi connectivity index (χ0v) is 24.8. The van der Waals surface area contributed by atoms with Gasteiger partial charge in [-0.05, 0) is 42.3 Å². The lowest BCUT2D eigenvalue weighted by atomic mass is 10.1. The number of hydrogen-bond donors (Lipinski definition) is 1. The van der Waals surface area contributed by atoms with E-state index in [1.807, 2.05) is 36.4 Å². The first-order chi connectivity index (χ1) is 19.2. The fourth-order valence-corrected chi connectivity index (χ4v) is 6.78. The molecule has 210 valence electrons. The number of methoxy groups -OCH3 is 2. The number of benzene rings is 3. The van der Waals surface area contributed by atoms with E-state index in [0.29, 0.717) is 28.1 Å². The molecule has 1 aromatic heterocycles. The van der Waals surface area contributed by atoms with Crippen molar-refractivity contribution in [3.8, 4) is 22.1 Å². The number of halogens is 2. The van der Waals surface area contributed by atoms with Crippen LogP contribution >= 0.6 is 34.5 Å². The van der Waals surface area contributed by atoms with E-state index in [1.54, 1.807) is 12.1 Å². The number of ether oxygens (including phenoxy) is 2. The summed E-state index contributed by atoms with van der Waals surface area (Å²) in [5.74, 6) is 0.683. The topological polar surface area (TPSA) is 111 Å². The Kier molecular flexibility index (Phi) is 9.99. The number of nitrogens with zero attached hydrogens (tertiary/aromatic N) is 3. The van der Waals surface area contributed by atoms with Crippen molar-refractivity contribution in [2.45, 2.75) is 17.7 Å². The van der Waals surface area contributed by atoms with E-state index in [2.05, 4.69) is 15.5 Å². The normalized spacial score (nSPS) is 11.4. The summed E-state index contributed by atoms with van der Waals surface area (Å²) in [5.41, 5.74) is 1.70. The van der Waals surface area contributed by atoms with Crippen LogP contribution in [0, 0.1) is 0 Å². The van der Waals surface area contributed by atoms with E-state index < -0.39 is 15.9 Å². The molecule has 0 saturated carbocycles. The lowest BCUT2D eigenvalue weighted by Gasteiger charge is -2.23. The maximum absolute atomic E-state index is 13.7. The molecule has 0 unspecified atom stereocenters. The van der Waals surface area contributed by atoms with Crippen molar-refractivity contribution < 1.29 is 22.7 Å². The van der Waals surface area contributed by atoms with E-state index in [4.69, 9.17) is 32.7 Å². The largest absolute Gasteiger partial charge is 0.493 e. The molecule has 13 heteroatoms. The van der Waals surface area contributed by atoms with Gasteiger partial charge in [-0.3, -0.25) is 4.79 Å². The van der Waals surface area contributed by atoms with Crippen LogP contribution < -0.4 is 14.8 Å². The minimum absolute atomic E-state index is 0.0345. The Morgan fingerprint density at radius 2 is 1.70 bits per heavy atom. The van der Waals surface area contributed by atoms with Gasteiger partial charge in [0.25, 0.3) is 0 Å². The number of sulfonamides is 1. The number of aromatic nitrogens is 2. The third-order valence-electron chi connectivity index (χ3n) is 5.89. The molecule has 40 heavy (non-hydrogen) atoms. The molecule has 0 fully saturated rings. The second-order valence-corrected chi connectivity index (χ2v) is 12.2. The molecule has 1 N–H and O–H groups in total. The van der Waals surface area contributed by atoms with Gasteiger partial charge in [0.1, 0.15) is 9.90 Å². The van der Waals surface area contributed by atoms with Crippen LogP contribution in [0.25, 0.3) is 10.6 Å². The van der Waals surface area contributed by atoms with E-state index in [1.165, 1.54) is 48.1 Å². The van der Waals surface area contributed by atoms with Crippen LogP contribution in [0.5, 0.6) is 11.5 Å². The summed E-state index contributed by atoms with van der Waals surface area (Å²) >= 11 is 13.6. The number of rotatable bonds is 12. The highest BCUT2D eigenvalue weighted by Crippen LogP contribution is 2.30. The molecular weight excluding hydrogens is 595 g/mol. The molecule has 9 nitrogen and oxygen atoms in total. The molecule has 1 amide bonds. The summed E-state index contributed by atoms with van der Waals surface area (Å²) in [6, 6.07) is 19.1. The maximum atomic E-state index is 13.7. The number of amides is 1. The molecule has 0 aliphatic rings. The van der Waals surface area contributed by atoms with E-state index in [-0.39, 0.29) is 34.5 Å². The first-order valence-electron chi connectivity index (χ1n) is 12.1. The van der Waals surface area contributed by atoms with Crippen molar-refractivity contribution in [1.29, 1.82) is 0 Å². The molecule has 3 aromatic carbocycles. The summed E-state index contributed by atoms with van der Waals surface area (Å²) in [6.45, 7) is -0.0282. The van der Waals surface area contributed by atoms with Crippen molar-refractivity contribution in [1.82, 2.24) is 14.5 Å². The van der Waals surface area contributed by atoms with Crippen molar-refractivity contribution in [3.63, 3.8) is 0 Å². The number of hydrogen-bond acceptors (Lipinski definition) is 8. The van der Waals surface area contributed by atoms with E-state index >= 15 is 0 Å². The second-order valence-electron chi connectivity index (χ2n) is 8.49. The van der Waals surface area contributed by atoms with Gasteiger partial charge in [-0.25, -0.2) is 8.42 Å². The lowest BCUT2D eigenvalue weighted by molar-refractivity contribution is -0.116. The Morgan fingerprint density at radius 3 is 2.42 bits per heavy atom. The molecule has 0 saturated heterocycles. The standard InChI is InChI=1S/C27H26Cl2N4O5S2/c1-37-22-11-8-18(16-23(22)38-2)12-14-33(40(35,36)24-17-20(28)9-10-21(24)29)15-13-25(34)30-27-32-31-26(39-27)19-6-4-3-5-7-19/h3-11,16-17H,12-15H2,1-2H3,(H,30,32,34). The third-order valence-corrected chi connectivity index (χ3v) is 9.39. The van der Waals surface area contributed by atoms with Crippen LogP contribution in [0.4, 0.5) is 5.13 Å². The van der Waals surface area contributed by atoms with Crippen LogP contribution in [0.15, 0.2) is 71.6 Å². The lowest BCUT2D eigenvalue weighted by Crippen LogP contribution is -2.35. The Labute approximate surface area is 246 Å². The van der Waals surface area contributed by atoms with Gasteiger partial charge in [-0.1, -0.05) is 70.9 Å². The fourth-order valence-electron chi connectivity index (χ4n) is 3.84. The summed E-state index contributed by atoms with van der Waals surface area (Å²) in [6.07, 6.45) is 0.222. The fraction of sp³-hybridized carbons (Fsp3) is 0.222. The summed E-state index contributed by atoms with van der Waals surface area (Å²) in [7, 11) is -1.03. The van der Waals surface area contributed by atoms with Crippen molar-refractivity contribution in [3.05, 3.63) is 82.3 Å². The minimum Gasteiger partial charge on any atom is -0.493 e. The maximum Gasteiger partial charge on any atom is 0.244 e. The highest BCUT2D eigenvalue weighted by molar-refractivity contribution is 7.89. The van der Waals surface area contributed by atoms with Crippen LogP contribution in [0.3, 0.4) is 0 Å². The highest BCUT2D eigenvalue weighted by atomic mass is 35.5. The number of carbonyl (C=O) groups excluding carboxylic acids is 1. The number of carbonyl (C=O) groups is 1. The molecule has 0 radical (unpaired) electrons. The van der Waals surface area contributed by atoms with Crippen LogP contribution in [0.2, 0.25) is 10.0 Å². The average Bonchev–Trinajstić information content (AvgIpc) is 3.42. The Morgan fingerprint density at radius 1 is 0.950 bits per heavy atom. The molecule has 0 aliphatic carbocycles. The second kappa shape index (κ2) is 13.4. The molecule has 0 atom stereocenters. The van der Waals surface area contributed by atoms with Gasteiger partial charge in [0.2, 0.25) is 21.1 Å². The average molecular weight is 622 g/mol. The van der Waals surface area contributed by atoms with Crippen molar-refractivity contribution >= 4 is 55.6 Å². The van der Waals surface area contributed by atoms with Gasteiger partial charge >= 0.3 is 0 Å². The summed E-state index contributed by atoms with van der Waals surface area (Å²) in [4.78, 5) is 12.7. The van der Waals surface area contributed by atoms with Crippen LogP contribution in [-0.2, 0) is 21.2 Å². The van der Waals surface area contributed by atoms with E-state index in [0.717, 1.165) is 11.1 Å². The molecule has 0 aliphatic heterocycles. The van der Waals surface area contributed by atoms with Gasteiger partial charge in [-0.2, -0.15) is 4.31 Å². The molecule has 0 bridgehead atoms. The first-order valence-corrected chi connectivity index (χ1v) is 15.1. The Balaban J connectivity index is 1.50. The zero-order valence-electron chi connectivity index (χ0n) is 21.6. The molecule has 1 heterocycles. The van der Waals surface area contributed by atoms with Gasteiger partial charge in [0, 0.05) is 30.1 Å². The van der Waals surface area contributed by atoms with Crippen molar-refractivity contribution in [2.24, 2.45) is 0 Å². The van der Waals surface area contributed by atoms with Gasteiger partial charge in [0.15, 0.2) is 11.5 Å².